The second kappa shape index (κ2) is 7.06. The molecule has 7 heteroatoms. The highest BCUT2D eigenvalue weighted by Crippen LogP contribution is 2.43. The molecule has 0 bridgehead atoms. The Kier molecular flexibility index (Phi) is 5.25. The lowest BCUT2D eigenvalue weighted by molar-refractivity contribution is -0.124. The maximum absolute atomic E-state index is 12.5. The first-order chi connectivity index (χ1) is 12.6. The molecule has 0 radical (unpaired) electrons. The van der Waals surface area contributed by atoms with E-state index in [9.17, 15) is 23.1 Å². The molecule has 1 fully saturated rings. The summed E-state index contributed by atoms with van der Waals surface area (Å²) >= 11 is 0. The Morgan fingerprint density at radius 3 is 2.15 bits per heavy atom. The molecule has 1 aromatic carbocycles. The maximum Gasteiger partial charge on any atom is 0.261 e. The lowest BCUT2D eigenvalue weighted by Crippen LogP contribution is -2.27. The van der Waals surface area contributed by atoms with Crippen molar-refractivity contribution in [3.8, 4) is 0 Å². The first-order valence-electron chi connectivity index (χ1n) is 9.15. The Morgan fingerprint density at radius 2 is 1.63 bits per heavy atom. The van der Waals surface area contributed by atoms with E-state index in [0.29, 0.717) is 12.0 Å². The van der Waals surface area contributed by atoms with Gasteiger partial charge < -0.3 is 5.11 Å². The summed E-state index contributed by atoms with van der Waals surface area (Å²) in [7, 11) is 1.81. The third-order valence-corrected chi connectivity index (χ3v) is 7.29. The molecule has 146 valence electrons. The van der Waals surface area contributed by atoms with Crippen molar-refractivity contribution in [2.45, 2.75) is 70.1 Å². The molecule has 2 aliphatic rings. The molecule has 0 heterocycles. The molecule has 0 spiro atoms. The van der Waals surface area contributed by atoms with Gasteiger partial charge in [-0.2, -0.15) is 0 Å². The van der Waals surface area contributed by atoms with Crippen LogP contribution >= 0.6 is 10.7 Å². The molecule has 0 amide bonds. The summed E-state index contributed by atoms with van der Waals surface area (Å²) < 4.78 is 24.5. The van der Waals surface area contributed by atoms with Crippen molar-refractivity contribution < 1.29 is 23.1 Å². The lowest BCUT2D eigenvalue weighted by Gasteiger charge is -2.28. The van der Waals surface area contributed by atoms with Crippen LogP contribution < -0.4 is 0 Å². The Hall–Kier alpha value is -1.66. The number of aliphatic hydroxyl groups excluding tert-OH is 1. The summed E-state index contributed by atoms with van der Waals surface area (Å²) in [5, 5.41) is 9.91. The molecule has 0 atom stereocenters. The third-order valence-electron chi connectivity index (χ3n) is 5.79. The van der Waals surface area contributed by atoms with Crippen LogP contribution in [0.4, 0.5) is 0 Å². The number of carbonyl (C=O) groups excluding carboxylic acids is 2. The first-order valence-corrected chi connectivity index (χ1v) is 11.5. The van der Waals surface area contributed by atoms with E-state index in [1.54, 1.807) is 13.8 Å². The number of fused-ring (bicyclic) bond motifs is 1. The number of aliphatic hydroxyl groups is 1. The van der Waals surface area contributed by atoms with Crippen LogP contribution in [0.5, 0.6) is 0 Å². The zero-order chi connectivity index (χ0) is 20.1. The van der Waals surface area contributed by atoms with E-state index in [4.69, 9.17) is 10.7 Å². The van der Waals surface area contributed by atoms with Crippen LogP contribution in [0, 0.1) is 13.8 Å². The molecule has 1 N–H and O–H groups in total. The van der Waals surface area contributed by atoms with Crippen LogP contribution in [0.2, 0.25) is 0 Å². The number of rotatable bonds is 3. The van der Waals surface area contributed by atoms with E-state index in [1.807, 2.05) is 6.92 Å². The molecule has 0 saturated heterocycles. The van der Waals surface area contributed by atoms with E-state index in [-0.39, 0.29) is 47.1 Å². The first kappa shape index (κ1) is 20.1. The average Bonchev–Trinajstić information content (AvgIpc) is 3.02. The fourth-order valence-corrected chi connectivity index (χ4v) is 6.35. The molecule has 0 unspecified atom stereocenters. The van der Waals surface area contributed by atoms with Gasteiger partial charge in [-0.25, -0.2) is 8.42 Å². The van der Waals surface area contributed by atoms with Gasteiger partial charge in [0.15, 0.2) is 11.6 Å². The number of allylic oxidation sites excluding steroid dienone is 2. The molecule has 3 rings (SSSR count). The van der Waals surface area contributed by atoms with Crippen molar-refractivity contribution in [1.29, 1.82) is 0 Å². The predicted octanol–water partition coefficient (Wildman–Crippen LogP) is 3.96. The minimum Gasteiger partial charge on any atom is -0.511 e. The lowest BCUT2D eigenvalue weighted by atomic mass is 9.75. The Morgan fingerprint density at radius 1 is 1.07 bits per heavy atom. The molecule has 27 heavy (non-hydrogen) atoms. The van der Waals surface area contributed by atoms with Crippen molar-refractivity contribution >= 4 is 31.3 Å². The van der Waals surface area contributed by atoms with Gasteiger partial charge >= 0.3 is 0 Å². The van der Waals surface area contributed by atoms with Gasteiger partial charge in [-0.15, -0.1) is 0 Å². The van der Waals surface area contributed by atoms with E-state index >= 15 is 0 Å². The molecule has 1 saturated carbocycles. The van der Waals surface area contributed by atoms with Crippen molar-refractivity contribution in [3.63, 3.8) is 0 Å². The topological polar surface area (TPSA) is 88.5 Å². The van der Waals surface area contributed by atoms with Gasteiger partial charge in [0, 0.05) is 29.9 Å². The summed E-state index contributed by atoms with van der Waals surface area (Å²) in [5.41, 5.74) is 3.90. The minimum atomic E-state index is -3.94. The fourth-order valence-electron chi connectivity index (χ4n) is 4.73. The van der Waals surface area contributed by atoms with Gasteiger partial charge in [0.2, 0.25) is 0 Å². The van der Waals surface area contributed by atoms with Crippen LogP contribution in [0.25, 0.3) is 0 Å². The van der Waals surface area contributed by atoms with Crippen LogP contribution in [-0.2, 0) is 31.5 Å². The van der Waals surface area contributed by atoms with Gasteiger partial charge in [0.1, 0.15) is 5.76 Å². The highest BCUT2D eigenvalue weighted by atomic mass is 35.7. The highest BCUT2D eigenvalue weighted by Gasteiger charge is 2.37. The summed E-state index contributed by atoms with van der Waals surface area (Å²) in [6.07, 6.45) is 2.67. The Labute approximate surface area is 163 Å². The van der Waals surface area contributed by atoms with E-state index in [1.165, 1.54) is 0 Å². The van der Waals surface area contributed by atoms with Crippen molar-refractivity contribution in [3.05, 3.63) is 39.1 Å². The number of hydrogen-bond donors (Lipinski definition) is 1. The molecular weight excluding hydrogens is 388 g/mol. The van der Waals surface area contributed by atoms with E-state index in [2.05, 4.69) is 0 Å². The standard InChI is InChI=1S/C20H23ClO5S/c1-4-15(22)19-16(23)8-12(9-17(19)24)18-10(2)13-6-5-7-14(13)20(11(18)3)27(21,25)26/h12,22H,4-9H2,1-3H3. The van der Waals surface area contributed by atoms with Gasteiger partial charge in [0.05, 0.1) is 10.5 Å². The Bertz CT molecular complexity index is 968. The van der Waals surface area contributed by atoms with Gasteiger partial charge in [-0.1, -0.05) is 6.92 Å². The van der Waals surface area contributed by atoms with Gasteiger partial charge in [0.25, 0.3) is 9.05 Å². The van der Waals surface area contributed by atoms with Crippen molar-refractivity contribution in [1.82, 2.24) is 0 Å². The molecule has 5 nitrogen and oxygen atoms in total. The van der Waals surface area contributed by atoms with Crippen LogP contribution in [-0.4, -0.2) is 25.1 Å². The predicted molar refractivity (Wildman–Crippen MR) is 103 cm³/mol. The number of ketones is 2. The Balaban J connectivity index is 2.17. The largest absolute Gasteiger partial charge is 0.511 e. The molecule has 2 aliphatic carbocycles. The zero-order valence-corrected chi connectivity index (χ0v) is 17.3. The molecule has 0 aromatic heterocycles. The summed E-state index contributed by atoms with van der Waals surface area (Å²) in [5.74, 6) is -1.34. The summed E-state index contributed by atoms with van der Waals surface area (Å²) in [4.78, 5) is 25.2. The summed E-state index contributed by atoms with van der Waals surface area (Å²) in [6, 6.07) is 0. The number of benzene rings is 1. The van der Waals surface area contributed by atoms with E-state index in [0.717, 1.165) is 35.1 Å². The fraction of sp³-hybridized carbons (Fsp3) is 0.500. The normalized spacial score (nSPS) is 20.1. The third kappa shape index (κ3) is 3.34. The smallest absolute Gasteiger partial charge is 0.261 e. The van der Waals surface area contributed by atoms with Gasteiger partial charge in [-0.3, -0.25) is 9.59 Å². The van der Waals surface area contributed by atoms with Crippen molar-refractivity contribution in [2.75, 3.05) is 0 Å². The number of hydrogen-bond acceptors (Lipinski definition) is 5. The van der Waals surface area contributed by atoms with Gasteiger partial charge in [-0.05, 0) is 66.8 Å². The SMILES string of the molecule is CCC(O)=C1C(=O)CC(c2c(C)c3c(c(S(=O)(=O)Cl)c2C)CCC3)CC1=O. The summed E-state index contributed by atoms with van der Waals surface area (Å²) in [6.45, 7) is 5.32. The number of carbonyl (C=O) groups is 2. The minimum absolute atomic E-state index is 0.0768. The zero-order valence-electron chi connectivity index (χ0n) is 15.7. The molecule has 0 aliphatic heterocycles. The van der Waals surface area contributed by atoms with Crippen LogP contribution in [0.1, 0.15) is 66.3 Å². The van der Waals surface area contributed by atoms with Crippen molar-refractivity contribution in [2.24, 2.45) is 0 Å². The highest BCUT2D eigenvalue weighted by molar-refractivity contribution is 8.13. The average molecular weight is 411 g/mol. The number of Topliss-reactive ketones (excluding diaryl/α,β-unsaturated/α-hetero) is 2. The van der Waals surface area contributed by atoms with Crippen LogP contribution in [0.15, 0.2) is 16.2 Å². The second-order valence-corrected chi connectivity index (χ2v) is 9.87. The monoisotopic (exact) mass is 410 g/mol. The number of halogens is 1. The molecule has 1 aromatic rings. The second-order valence-electron chi connectivity index (χ2n) is 7.37. The quantitative estimate of drug-likeness (QED) is 0.352. The molecular formula is C20H23ClO5S. The van der Waals surface area contributed by atoms with Crippen LogP contribution in [0.3, 0.4) is 0 Å². The maximum atomic E-state index is 12.5. The van der Waals surface area contributed by atoms with E-state index < -0.39 is 15.0 Å².